The predicted octanol–water partition coefficient (Wildman–Crippen LogP) is 7.18. The average molecular weight is 437 g/mol. The van der Waals surface area contributed by atoms with Crippen LogP contribution in [0, 0.1) is 0 Å². The van der Waals surface area contributed by atoms with Gasteiger partial charge in [-0.25, -0.2) is 4.98 Å². The molecular formula is C30H20N4. The molecule has 0 spiro atoms. The van der Waals surface area contributed by atoms with E-state index in [9.17, 15) is 0 Å². The topological polar surface area (TPSA) is 35.6 Å². The standard InChI is InChI=1S/C30H20N4/c1-2-8-24(9-3-1)33-18-15-21-12-13-27-29(30(21)33)25-10-4-5-11-26(25)34(27)28-19-22(14-17-32-28)23-7-6-16-31-20-23/h1-20H. The van der Waals surface area contributed by atoms with Crippen LogP contribution >= 0.6 is 0 Å². The summed E-state index contributed by atoms with van der Waals surface area (Å²) in [4.78, 5) is 9.08. The molecule has 0 amide bonds. The molecule has 0 aliphatic carbocycles. The molecule has 0 saturated heterocycles. The fourth-order valence-electron chi connectivity index (χ4n) is 4.99. The third kappa shape index (κ3) is 2.79. The molecule has 0 N–H and O–H groups in total. The molecular weight excluding hydrogens is 416 g/mol. The van der Waals surface area contributed by atoms with Crippen molar-refractivity contribution in [2.75, 3.05) is 0 Å². The summed E-state index contributed by atoms with van der Waals surface area (Å²) in [7, 11) is 0. The molecule has 0 saturated carbocycles. The molecule has 0 aliphatic rings. The highest BCUT2D eigenvalue weighted by atomic mass is 15.1. The number of nitrogens with zero attached hydrogens (tertiary/aromatic N) is 4. The van der Waals surface area contributed by atoms with Gasteiger partial charge in [-0.2, -0.15) is 0 Å². The number of para-hydroxylation sites is 2. The van der Waals surface area contributed by atoms with Gasteiger partial charge < -0.3 is 4.57 Å². The molecule has 7 rings (SSSR count). The molecule has 0 atom stereocenters. The number of pyridine rings is 2. The third-order valence-corrected chi connectivity index (χ3v) is 6.49. The number of fused-ring (bicyclic) bond motifs is 5. The minimum atomic E-state index is 0.893. The molecule has 4 aromatic heterocycles. The van der Waals surface area contributed by atoms with Crippen LogP contribution < -0.4 is 0 Å². The van der Waals surface area contributed by atoms with E-state index in [2.05, 4.69) is 105 Å². The van der Waals surface area contributed by atoms with Crippen LogP contribution in [0.25, 0.3) is 55.3 Å². The van der Waals surface area contributed by atoms with Gasteiger partial charge in [0, 0.05) is 52.2 Å². The largest absolute Gasteiger partial charge is 0.316 e. The zero-order chi connectivity index (χ0) is 22.5. The molecule has 7 aromatic rings. The first-order valence-electron chi connectivity index (χ1n) is 11.3. The van der Waals surface area contributed by atoms with E-state index in [0.29, 0.717) is 0 Å². The second kappa shape index (κ2) is 7.42. The van der Waals surface area contributed by atoms with Crippen molar-refractivity contribution in [1.82, 2.24) is 19.1 Å². The number of hydrogen-bond donors (Lipinski definition) is 0. The van der Waals surface area contributed by atoms with Gasteiger partial charge in [0.1, 0.15) is 5.82 Å². The highest BCUT2D eigenvalue weighted by Gasteiger charge is 2.18. The normalized spacial score (nSPS) is 11.5. The van der Waals surface area contributed by atoms with Crippen molar-refractivity contribution in [2.45, 2.75) is 0 Å². The van der Waals surface area contributed by atoms with Crippen molar-refractivity contribution in [3.05, 3.63) is 122 Å². The Kier molecular flexibility index (Phi) is 4.11. The maximum atomic E-state index is 4.79. The van der Waals surface area contributed by atoms with Crippen LogP contribution in [0.2, 0.25) is 0 Å². The van der Waals surface area contributed by atoms with Crippen LogP contribution in [0.4, 0.5) is 0 Å². The van der Waals surface area contributed by atoms with Gasteiger partial charge in [-0.05, 0) is 54.1 Å². The van der Waals surface area contributed by atoms with Crippen molar-refractivity contribution in [2.24, 2.45) is 0 Å². The van der Waals surface area contributed by atoms with Gasteiger partial charge in [-0.15, -0.1) is 0 Å². The Balaban J connectivity index is 1.57. The van der Waals surface area contributed by atoms with E-state index in [1.807, 2.05) is 24.5 Å². The molecule has 0 unspecified atom stereocenters. The van der Waals surface area contributed by atoms with Crippen molar-refractivity contribution in [3.63, 3.8) is 0 Å². The minimum absolute atomic E-state index is 0.893. The zero-order valence-electron chi connectivity index (χ0n) is 18.3. The molecule has 4 heteroatoms. The predicted molar refractivity (Wildman–Crippen MR) is 139 cm³/mol. The third-order valence-electron chi connectivity index (χ3n) is 6.49. The lowest BCUT2D eigenvalue weighted by Crippen LogP contribution is -1.98. The van der Waals surface area contributed by atoms with Crippen molar-refractivity contribution in [3.8, 4) is 22.6 Å². The Morgan fingerprint density at radius 2 is 1.53 bits per heavy atom. The maximum Gasteiger partial charge on any atom is 0.138 e. The van der Waals surface area contributed by atoms with E-state index in [1.54, 1.807) is 6.20 Å². The fraction of sp³-hybridized carbons (Fsp3) is 0. The van der Waals surface area contributed by atoms with Crippen molar-refractivity contribution in [1.29, 1.82) is 0 Å². The summed E-state index contributed by atoms with van der Waals surface area (Å²) in [6.45, 7) is 0. The number of rotatable bonds is 3. The maximum absolute atomic E-state index is 4.79. The van der Waals surface area contributed by atoms with Crippen LogP contribution in [0.3, 0.4) is 0 Å². The van der Waals surface area contributed by atoms with E-state index in [1.165, 1.54) is 21.7 Å². The summed E-state index contributed by atoms with van der Waals surface area (Å²) in [6, 6.07) is 33.9. The van der Waals surface area contributed by atoms with Gasteiger partial charge in [0.2, 0.25) is 0 Å². The SMILES string of the molecule is c1ccc(-n2ccc3ccc4c(c5ccccc5n4-c4cc(-c5cccnc5)ccn4)c32)cc1. The van der Waals surface area contributed by atoms with Crippen LogP contribution in [0.15, 0.2) is 122 Å². The first-order valence-corrected chi connectivity index (χ1v) is 11.3. The van der Waals surface area contributed by atoms with Gasteiger partial charge in [-0.1, -0.05) is 48.5 Å². The molecule has 0 aliphatic heterocycles. The fourth-order valence-corrected chi connectivity index (χ4v) is 4.99. The summed E-state index contributed by atoms with van der Waals surface area (Å²) in [5.41, 5.74) is 6.81. The van der Waals surface area contributed by atoms with Crippen molar-refractivity contribution >= 4 is 32.7 Å². The minimum Gasteiger partial charge on any atom is -0.316 e. The Morgan fingerprint density at radius 3 is 2.41 bits per heavy atom. The van der Waals surface area contributed by atoms with Crippen LogP contribution in [-0.2, 0) is 0 Å². The van der Waals surface area contributed by atoms with Crippen LogP contribution in [0.1, 0.15) is 0 Å². The lowest BCUT2D eigenvalue weighted by atomic mass is 10.1. The molecule has 3 aromatic carbocycles. The van der Waals surface area contributed by atoms with E-state index < -0.39 is 0 Å². The lowest BCUT2D eigenvalue weighted by Gasteiger charge is -2.10. The monoisotopic (exact) mass is 436 g/mol. The Bertz CT molecular complexity index is 1790. The summed E-state index contributed by atoms with van der Waals surface area (Å²) in [5.74, 6) is 0.893. The van der Waals surface area contributed by atoms with Gasteiger partial charge in [0.25, 0.3) is 0 Å². The summed E-state index contributed by atoms with van der Waals surface area (Å²) >= 11 is 0. The Morgan fingerprint density at radius 1 is 0.647 bits per heavy atom. The van der Waals surface area contributed by atoms with Gasteiger partial charge >= 0.3 is 0 Å². The van der Waals surface area contributed by atoms with E-state index in [4.69, 9.17) is 4.98 Å². The van der Waals surface area contributed by atoms with E-state index in [0.717, 1.165) is 33.7 Å². The molecule has 4 nitrogen and oxygen atoms in total. The quantitative estimate of drug-likeness (QED) is 0.294. The summed E-state index contributed by atoms with van der Waals surface area (Å²) in [5, 5.41) is 3.67. The summed E-state index contributed by atoms with van der Waals surface area (Å²) < 4.78 is 4.56. The van der Waals surface area contributed by atoms with Gasteiger partial charge in [-0.3, -0.25) is 9.55 Å². The highest BCUT2D eigenvalue weighted by Crippen LogP contribution is 2.38. The molecule has 160 valence electrons. The zero-order valence-corrected chi connectivity index (χ0v) is 18.3. The van der Waals surface area contributed by atoms with E-state index in [-0.39, 0.29) is 0 Å². The smallest absolute Gasteiger partial charge is 0.138 e. The average Bonchev–Trinajstić information content (AvgIpc) is 3.49. The van der Waals surface area contributed by atoms with Crippen molar-refractivity contribution < 1.29 is 0 Å². The molecule has 0 fully saturated rings. The number of aromatic nitrogens is 4. The number of hydrogen-bond acceptors (Lipinski definition) is 2. The lowest BCUT2D eigenvalue weighted by molar-refractivity contribution is 1.08. The van der Waals surface area contributed by atoms with Crippen LogP contribution in [-0.4, -0.2) is 19.1 Å². The first kappa shape index (κ1) is 18.8. The Hall–Kier alpha value is -4.70. The second-order valence-corrected chi connectivity index (χ2v) is 8.42. The molecule has 34 heavy (non-hydrogen) atoms. The molecule has 0 radical (unpaired) electrons. The highest BCUT2D eigenvalue weighted by molar-refractivity contribution is 6.20. The van der Waals surface area contributed by atoms with Crippen LogP contribution in [0.5, 0.6) is 0 Å². The number of benzene rings is 3. The van der Waals surface area contributed by atoms with Gasteiger partial charge in [0.05, 0.1) is 16.6 Å². The van der Waals surface area contributed by atoms with Gasteiger partial charge in [0.15, 0.2) is 0 Å². The first-order chi connectivity index (χ1) is 16.9. The molecule has 4 heterocycles. The second-order valence-electron chi connectivity index (χ2n) is 8.42. The Labute approximate surface area is 196 Å². The molecule has 0 bridgehead atoms. The summed E-state index contributed by atoms with van der Waals surface area (Å²) in [6.07, 6.45) is 7.73. The van der Waals surface area contributed by atoms with E-state index >= 15 is 0 Å².